The van der Waals surface area contributed by atoms with Crippen molar-refractivity contribution in [3.8, 4) is 5.75 Å². The van der Waals surface area contributed by atoms with E-state index in [9.17, 15) is 0 Å². The predicted octanol–water partition coefficient (Wildman–Crippen LogP) is 3.99. The molecule has 0 radical (unpaired) electrons. The number of hydrogen-bond donors (Lipinski definition) is 0. The Labute approximate surface area is 148 Å². The van der Waals surface area contributed by atoms with Gasteiger partial charge in [0, 0.05) is 37.6 Å². The monoisotopic (exact) mass is 345 g/mol. The van der Waals surface area contributed by atoms with E-state index in [-0.39, 0.29) is 0 Å². The quantitative estimate of drug-likeness (QED) is 0.820. The van der Waals surface area contributed by atoms with Crippen LogP contribution in [0.5, 0.6) is 5.75 Å². The van der Waals surface area contributed by atoms with Crippen molar-refractivity contribution in [3.63, 3.8) is 0 Å². The molecule has 0 N–H and O–H groups in total. The highest BCUT2D eigenvalue weighted by Gasteiger charge is 2.27. The van der Waals surface area contributed by atoms with Crippen molar-refractivity contribution in [3.05, 3.63) is 46.7 Å². The molecule has 0 bridgehead atoms. The maximum Gasteiger partial charge on any atom is 0.119 e. The van der Waals surface area contributed by atoms with Crippen molar-refractivity contribution < 1.29 is 4.74 Å². The second kappa shape index (κ2) is 6.77. The lowest BCUT2D eigenvalue weighted by Crippen LogP contribution is -2.38. The maximum atomic E-state index is 6.07. The Morgan fingerprint density at radius 1 is 1.12 bits per heavy atom. The number of halogens is 1. The molecule has 0 atom stereocenters. The van der Waals surface area contributed by atoms with E-state index >= 15 is 0 Å². The number of nitrogens with zero attached hydrogens (tertiary/aromatic N) is 3. The number of hydrogen-bond acceptors (Lipinski definition) is 3. The Kier molecular flexibility index (Phi) is 4.51. The summed E-state index contributed by atoms with van der Waals surface area (Å²) in [5.41, 5.74) is 2.61. The van der Waals surface area contributed by atoms with E-state index in [1.54, 1.807) is 0 Å². The first kappa shape index (κ1) is 16.0. The molecule has 1 saturated heterocycles. The second-order valence-corrected chi connectivity index (χ2v) is 7.44. The van der Waals surface area contributed by atoms with Crippen molar-refractivity contribution >= 4 is 11.6 Å². The fraction of sp³-hybridized carbons (Fsp3) is 0.526. The highest BCUT2D eigenvalue weighted by molar-refractivity contribution is 6.30. The molecule has 1 aromatic heterocycles. The van der Waals surface area contributed by atoms with Crippen molar-refractivity contribution in [1.29, 1.82) is 0 Å². The predicted molar refractivity (Wildman–Crippen MR) is 95.6 cm³/mol. The topological polar surface area (TPSA) is 30.3 Å². The third-order valence-electron chi connectivity index (χ3n) is 5.03. The average molecular weight is 346 g/mol. The lowest BCUT2D eigenvalue weighted by molar-refractivity contribution is 0.0955. The zero-order chi connectivity index (χ0) is 16.5. The van der Waals surface area contributed by atoms with Crippen molar-refractivity contribution in [2.24, 2.45) is 7.05 Å². The molecule has 4 rings (SSSR count). The first-order valence-electron chi connectivity index (χ1n) is 8.85. The van der Waals surface area contributed by atoms with Gasteiger partial charge in [-0.25, -0.2) is 0 Å². The Hall–Kier alpha value is -1.52. The SMILES string of the molecule is Cn1nc(C2CC2)cc1CN1CCC(Oc2ccc(Cl)cc2)CC1. The summed E-state index contributed by atoms with van der Waals surface area (Å²) in [6.07, 6.45) is 5.05. The van der Waals surface area contributed by atoms with Crippen LogP contribution in [0.3, 0.4) is 0 Å². The van der Waals surface area contributed by atoms with Crippen LogP contribution in [-0.2, 0) is 13.6 Å². The number of benzene rings is 1. The number of rotatable bonds is 5. The van der Waals surface area contributed by atoms with Crippen LogP contribution >= 0.6 is 11.6 Å². The van der Waals surface area contributed by atoms with Crippen LogP contribution in [0.4, 0.5) is 0 Å². The molecular weight excluding hydrogens is 322 g/mol. The number of likely N-dealkylation sites (tertiary alicyclic amines) is 1. The number of ether oxygens (including phenoxy) is 1. The molecule has 24 heavy (non-hydrogen) atoms. The summed E-state index contributed by atoms with van der Waals surface area (Å²) in [4.78, 5) is 2.51. The number of piperidine rings is 1. The first-order chi connectivity index (χ1) is 11.7. The smallest absolute Gasteiger partial charge is 0.119 e. The molecular formula is C19H24ClN3O. The average Bonchev–Trinajstić information content (AvgIpc) is 3.37. The van der Waals surface area contributed by atoms with Gasteiger partial charge >= 0.3 is 0 Å². The molecule has 2 aliphatic rings. The summed E-state index contributed by atoms with van der Waals surface area (Å²) in [5, 5.41) is 5.42. The summed E-state index contributed by atoms with van der Waals surface area (Å²) in [7, 11) is 2.07. The maximum absolute atomic E-state index is 6.07. The van der Waals surface area contributed by atoms with Crippen LogP contribution in [0.2, 0.25) is 5.02 Å². The third kappa shape index (κ3) is 3.76. The zero-order valence-electron chi connectivity index (χ0n) is 14.1. The molecule has 128 valence electrons. The van der Waals surface area contributed by atoms with Crippen LogP contribution in [0.1, 0.15) is 43.0 Å². The minimum atomic E-state index is 0.302. The Morgan fingerprint density at radius 3 is 2.50 bits per heavy atom. The van der Waals surface area contributed by atoms with Crippen molar-refractivity contribution in [2.45, 2.75) is 44.2 Å². The van der Waals surface area contributed by atoms with E-state index in [2.05, 4.69) is 27.8 Å². The van der Waals surface area contributed by atoms with Crippen LogP contribution in [-0.4, -0.2) is 33.9 Å². The Bertz CT molecular complexity index is 685. The van der Waals surface area contributed by atoms with E-state index in [1.165, 1.54) is 24.2 Å². The number of aryl methyl sites for hydroxylation is 1. The van der Waals surface area contributed by atoms with E-state index in [0.717, 1.165) is 49.2 Å². The molecule has 1 aromatic carbocycles. The van der Waals surface area contributed by atoms with Gasteiger partial charge in [0.25, 0.3) is 0 Å². The molecule has 2 aromatic rings. The van der Waals surface area contributed by atoms with Crippen LogP contribution < -0.4 is 4.74 Å². The molecule has 2 fully saturated rings. The molecule has 0 spiro atoms. The fourth-order valence-electron chi connectivity index (χ4n) is 3.38. The van der Waals surface area contributed by atoms with Gasteiger partial charge < -0.3 is 4.74 Å². The molecule has 1 aliphatic heterocycles. The van der Waals surface area contributed by atoms with Gasteiger partial charge in [-0.15, -0.1) is 0 Å². The van der Waals surface area contributed by atoms with E-state index in [0.29, 0.717) is 6.10 Å². The largest absolute Gasteiger partial charge is 0.490 e. The van der Waals surface area contributed by atoms with Crippen molar-refractivity contribution in [2.75, 3.05) is 13.1 Å². The van der Waals surface area contributed by atoms with Crippen LogP contribution in [0.25, 0.3) is 0 Å². The van der Waals surface area contributed by atoms with Gasteiger partial charge in [0.15, 0.2) is 0 Å². The third-order valence-corrected chi connectivity index (χ3v) is 5.28. The van der Waals surface area contributed by atoms with Gasteiger partial charge in [-0.1, -0.05) is 11.6 Å². The highest BCUT2D eigenvalue weighted by Crippen LogP contribution is 2.39. The highest BCUT2D eigenvalue weighted by atomic mass is 35.5. The van der Waals surface area contributed by atoms with Gasteiger partial charge in [0.2, 0.25) is 0 Å². The number of aromatic nitrogens is 2. The second-order valence-electron chi connectivity index (χ2n) is 7.01. The van der Waals surface area contributed by atoms with Gasteiger partial charge in [-0.05, 0) is 56.0 Å². The lowest BCUT2D eigenvalue weighted by atomic mass is 10.1. The molecule has 4 nitrogen and oxygen atoms in total. The van der Waals surface area contributed by atoms with Gasteiger partial charge in [-0.2, -0.15) is 5.10 Å². The van der Waals surface area contributed by atoms with Crippen molar-refractivity contribution in [1.82, 2.24) is 14.7 Å². The minimum Gasteiger partial charge on any atom is -0.490 e. The summed E-state index contributed by atoms with van der Waals surface area (Å²) < 4.78 is 8.13. The molecule has 5 heteroatoms. The summed E-state index contributed by atoms with van der Waals surface area (Å²) >= 11 is 5.92. The van der Waals surface area contributed by atoms with Gasteiger partial charge in [0.1, 0.15) is 11.9 Å². The summed E-state index contributed by atoms with van der Waals surface area (Å²) in [6, 6.07) is 9.96. The zero-order valence-corrected chi connectivity index (χ0v) is 14.9. The van der Waals surface area contributed by atoms with Gasteiger partial charge in [-0.3, -0.25) is 9.58 Å². The van der Waals surface area contributed by atoms with Crippen LogP contribution in [0, 0.1) is 0 Å². The molecule has 1 saturated carbocycles. The Balaban J connectivity index is 1.29. The Morgan fingerprint density at radius 2 is 1.83 bits per heavy atom. The summed E-state index contributed by atoms with van der Waals surface area (Å²) in [5.74, 6) is 1.64. The summed E-state index contributed by atoms with van der Waals surface area (Å²) in [6.45, 7) is 3.13. The van der Waals surface area contributed by atoms with E-state index < -0.39 is 0 Å². The molecule has 0 unspecified atom stereocenters. The minimum absolute atomic E-state index is 0.302. The van der Waals surface area contributed by atoms with E-state index in [1.807, 2.05) is 24.3 Å². The molecule has 0 amide bonds. The fourth-order valence-corrected chi connectivity index (χ4v) is 3.50. The first-order valence-corrected chi connectivity index (χ1v) is 9.22. The van der Waals surface area contributed by atoms with E-state index in [4.69, 9.17) is 16.3 Å². The molecule has 2 heterocycles. The van der Waals surface area contributed by atoms with Gasteiger partial charge in [0.05, 0.1) is 11.4 Å². The normalized spacial score (nSPS) is 19.6. The molecule has 1 aliphatic carbocycles. The standard InChI is InChI=1S/C19H24ClN3O/c1-22-16(12-19(21-22)14-2-3-14)13-23-10-8-18(9-11-23)24-17-6-4-15(20)5-7-17/h4-7,12,14,18H,2-3,8-11,13H2,1H3. The van der Waals surface area contributed by atoms with Crippen LogP contribution in [0.15, 0.2) is 30.3 Å². The lowest BCUT2D eigenvalue weighted by Gasteiger charge is -2.32.